The predicted octanol–water partition coefficient (Wildman–Crippen LogP) is 2.64. The van der Waals surface area contributed by atoms with Gasteiger partial charge in [0, 0.05) is 37.9 Å². The number of aromatic amines is 1. The molecule has 1 saturated carbocycles. The van der Waals surface area contributed by atoms with Crippen molar-refractivity contribution in [3.8, 4) is 0 Å². The van der Waals surface area contributed by atoms with Gasteiger partial charge in [-0.2, -0.15) is 0 Å². The Morgan fingerprint density at radius 2 is 2.00 bits per heavy atom. The SMILES string of the molecule is Cc1cnc(CN(C)C(=O)[C@H]2CCC(=O)N(C3CCCCCC3)C2)[nH]1. The number of likely N-dealkylation sites (tertiary alicyclic amines) is 1. The third-order valence-corrected chi connectivity index (χ3v) is 5.58. The monoisotopic (exact) mass is 346 g/mol. The van der Waals surface area contributed by atoms with Crippen LogP contribution in [0.2, 0.25) is 0 Å². The Bertz CT molecular complexity index is 604. The van der Waals surface area contributed by atoms with Crippen LogP contribution in [-0.2, 0) is 16.1 Å². The van der Waals surface area contributed by atoms with E-state index in [9.17, 15) is 9.59 Å². The summed E-state index contributed by atoms with van der Waals surface area (Å²) in [5, 5.41) is 0. The van der Waals surface area contributed by atoms with Crippen LogP contribution in [0.25, 0.3) is 0 Å². The van der Waals surface area contributed by atoms with Crippen molar-refractivity contribution in [1.29, 1.82) is 0 Å². The Labute approximate surface area is 150 Å². The second-order valence-corrected chi connectivity index (χ2v) is 7.63. The summed E-state index contributed by atoms with van der Waals surface area (Å²) >= 11 is 0. The van der Waals surface area contributed by atoms with E-state index in [1.807, 2.05) is 18.9 Å². The number of rotatable bonds is 4. The van der Waals surface area contributed by atoms with Crippen molar-refractivity contribution >= 4 is 11.8 Å². The van der Waals surface area contributed by atoms with E-state index in [0.29, 0.717) is 32.0 Å². The quantitative estimate of drug-likeness (QED) is 0.852. The number of nitrogens with one attached hydrogen (secondary N) is 1. The molecule has 138 valence electrons. The maximum Gasteiger partial charge on any atom is 0.227 e. The second-order valence-electron chi connectivity index (χ2n) is 7.63. The van der Waals surface area contributed by atoms with E-state index in [-0.39, 0.29) is 17.7 Å². The summed E-state index contributed by atoms with van der Waals surface area (Å²) in [6, 6.07) is 0.337. The summed E-state index contributed by atoms with van der Waals surface area (Å²) < 4.78 is 0. The number of imidazole rings is 1. The van der Waals surface area contributed by atoms with Crippen LogP contribution in [0.5, 0.6) is 0 Å². The molecule has 1 aromatic heterocycles. The number of carbonyl (C=O) groups excluding carboxylic acids is 2. The van der Waals surface area contributed by atoms with Crippen LogP contribution < -0.4 is 0 Å². The summed E-state index contributed by atoms with van der Waals surface area (Å²) in [6.07, 6.45) is 10.1. The highest BCUT2D eigenvalue weighted by molar-refractivity contribution is 5.83. The van der Waals surface area contributed by atoms with Gasteiger partial charge >= 0.3 is 0 Å². The average Bonchev–Trinajstić information content (AvgIpc) is 2.85. The molecule has 1 aromatic rings. The minimum absolute atomic E-state index is 0.0815. The Kier molecular flexibility index (Phi) is 5.76. The van der Waals surface area contributed by atoms with Gasteiger partial charge in [-0.05, 0) is 26.2 Å². The van der Waals surface area contributed by atoms with Crippen molar-refractivity contribution in [2.45, 2.75) is 70.9 Å². The van der Waals surface area contributed by atoms with E-state index < -0.39 is 0 Å². The van der Waals surface area contributed by atoms with Gasteiger partial charge in [0.25, 0.3) is 0 Å². The Morgan fingerprint density at radius 3 is 2.64 bits per heavy atom. The molecule has 2 heterocycles. The number of piperidine rings is 1. The van der Waals surface area contributed by atoms with Gasteiger partial charge in [0.2, 0.25) is 11.8 Å². The third kappa shape index (κ3) is 4.41. The van der Waals surface area contributed by atoms with E-state index in [4.69, 9.17) is 0 Å². The molecule has 2 fully saturated rings. The van der Waals surface area contributed by atoms with Crippen LogP contribution in [0, 0.1) is 12.8 Å². The number of amides is 2. The Morgan fingerprint density at radius 1 is 1.28 bits per heavy atom. The van der Waals surface area contributed by atoms with E-state index in [1.54, 1.807) is 11.1 Å². The number of hydrogen-bond acceptors (Lipinski definition) is 3. The lowest BCUT2D eigenvalue weighted by molar-refractivity contribution is -0.144. The fourth-order valence-corrected chi connectivity index (χ4v) is 4.16. The number of nitrogens with zero attached hydrogens (tertiary/aromatic N) is 3. The highest BCUT2D eigenvalue weighted by Crippen LogP contribution is 2.28. The minimum Gasteiger partial charge on any atom is -0.345 e. The van der Waals surface area contributed by atoms with Gasteiger partial charge in [-0.1, -0.05) is 25.7 Å². The summed E-state index contributed by atoms with van der Waals surface area (Å²) in [4.78, 5) is 36.5. The van der Waals surface area contributed by atoms with Gasteiger partial charge in [0.1, 0.15) is 5.82 Å². The molecule has 3 rings (SSSR count). The third-order valence-electron chi connectivity index (χ3n) is 5.58. The summed E-state index contributed by atoms with van der Waals surface area (Å²) in [5.74, 6) is 1.09. The smallest absolute Gasteiger partial charge is 0.227 e. The van der Waals surface area contributed by atoms with Crippen LogP contribution in [0.15, 0.2) is 6.20 Å². The molecule has 1 aliphatic heterocycles. The van der Waals surface area contributed by atoms with Gasteiger partial charge in [-0.25, -0.2) is 4.98 Å². The van der Waals surface area contributed by atoms with Crippen LogP contribution in [0.3, 0.4) is 0 Å². The lowest BCUT2D eigenvalue weighted by Gasteiger charge is -2.38. The zero-order valence-corrected chi connectivity index (χ0v) is 15.5. The molecule has 1 N–H and O–H groups in total. The van der Waals surface area contributed by atoms with Crippen LogP contribution in [0.4, 0.5) is 0 Å². The number of H-pyrrole nitrogens is 1. The zero-order valence-electron chi connectivity index (χ0n) is 15.5. The molecule has 2 amide bonds. The highest BCUT2D eigenvalue weighted by atomic mass is 16.2. The van der Waals surface area contributed by atoms with E-state index in [2.05, 4.69) is 9.97 Å². The molecule has 0 spiro atoms. The molecule has 1 saturated heterocycles. The Hall–Kier alpha value is -1.85. The van der Waals surface area contributed by atoms with Crippen LogP contribution in [0.1, 0.15) is 62.9 Å². The normalized spacial score (nSPS) is 22.7. The molecule has 6 heteroatoms. The van der Waals surface area contributed by atoms with Gasteiger partial charge in [0.05, 0.1) is 12.5 Å². The molecule has 0 radical (unpaired) electrons. The van der Waals surface area contributed by atoms with E-state index in [0.717, 1.165) is 24.4 Å². The number of carbonyl (C=O) groups is 2. The first-order chi connectivity index (χ1) is 12.0. The van der Waals surface area contributed by atoms with Gasteiger partial charge < -0.3 is 14.8 Å². The average molecular weight is 346 g/mol. The van der Waals surface area contributed by atoms with Crippen LogP contribution >= 0.6 is 0 Å². The first-order valence-corrected chi connectivity index (χ1v) is 9.59. The molecule has 0 aromatic carbocycles. The lowest BCUT2D eigenvalue weighted by Crippen LogP contribution is -2.50. The number of hydrogen-bond donors (Lipinski definition) is 1. The fraction of sp³-hybridized carbons (Fsp3) is 0.737. The van der Waals surface area contributed by atoms with Crippen molar-refractivity contribution in [3.63, 3.8) is 0 Å². The predicted molar refractivity (Wildman–Crippen MR) is 95.7 cm³/mol. The van der Waals surface area contributed by atoms with Crippen molar-refractivity contribution in [2.75, 3.05) is 13.6 Å². The molecule has 6 nitrogen and oxygen atoms in total. The fourth-order valence-electron chi connectivity index (χ4n) is 4.16. The zero-order chi connectivity index (χ0) is 17.8. The molecular weight excluding hydrogens is 316 g/mol. The van der Waals surface area contributed by atoms with Gasteiger partial charge in [-0.15, -0.1) is 0 Å². The molecular formula is C19H30N4O2. The molecule has 0 unspecified atom stereocenters. The molecule has 0 bridgehead atoms. The van der Waals surface area contributed by atoms with Gasteiger partial charge in [-0.3, -0.25) is 9.59 Å². The molecule has 2 aliphatic rings. The first kappa shape index (κ1) is 18.0. The largest absolute Gasteiger partial charge is 0.345 e. The molecule has 25 heavy (non-hydrogen) atoms. The van der Waals surface area contributed by atoms with Crippen molar-refractivity contribution in [3.05, 3.63) is 17.7 Å². The van der Waals surface area contributed by atoms with Gasteiger partial charge in [0.15, 0.2) is 0 Å². The second kappa shape index (κ2) is 8.02. The van der Waals surface area contributed by atoms with E-state index in [1.165, 1.54) is 25.7 Å². The highest BCUT2D eigenvalue weighted by Gasteiger charge is 2.35. The maximum atomic E-state index is 12.9. The lowest BCUT2D eigenvalue weighted by atomic mass is 9.93. The van der Waals surface area contributed by atoms with Crippen molar-refractivity contribution in [2.24, 2.45) is 5.92 Å². The Balaban J connectivity index is 1.61. The van der Waals surface area contributed by atoms with Crippen molar-refractivity contribution < 1.29 is 9.59 Å². The molecule has 1 atom stereocenters. The summed E-state index contributed by atoms with van der Waals surface area (Å²) in [5.41, 5.74) is 0.999. The molecule has 1 aliphatic carbocycles. The summed E-state index contributed by atoms with van der Waals surface area (Å²) in [7, 11) is 1.83. The maximum absolute atomic E-state index is 12.9. The standard InChI is InChI=1S/C19H30N4O2/c1-14-11-20-17(21-14)13-22(2)19(25)15-9-10-18(24)23(12-15)16-7-5-3-4-6-8-16/h11,15-16H,3-10,12-13H2,1-2H3,(H,20,21)/t15-/m0/s1. The first-order valence-electron chi connectivity index (χ1n) is 9.59. The number of aryl methyl sites for hydroxylation is 1. The minimum atomic E-state index is -0.0815. The summed E-state index contributed by atoms with van der Waals surface area (Å²) in [6.45, 7) is 3.03. The number of aromatic nitrogens is 2. The topological polar surface area (TPSA) is 69.3 Å². The van der Waals surface area contributed by atoms with E-state index >= 15 is 0 Å². The van der Waals surface area contributed by atoms with Crippen LogP contribution in [-0.4, -0.2) is 51.2 Å². The van der Waals surface area contributed by atoms with Crippen molar-refractivity contribution in [1.82, 2.24) is 19.8 Å².